The quantitative estimate of drug-likeness (QED) is 0.476. The maximum Gasteiger partial charge on any atom is 0.329 e. The standard InChI is InChI=1S/C26H33BrN4O3/c1-18-8-10-21(16-19(18)2)31-25(33)29-23-11-9-20(27)17-22(23)26(31,34)24(32)28-12-7-15-30-13-5-3-4-6-14-30/h8-11,16-17,34H,3-7,12-15H2,1-2H3,(H,28,32)(H,29,33)/t26-/m0/s1. The van der Waals surface area contributed by atoms with Crippen molar-refractivity contribution in [3.05, 3.63) is 57.6 Å². The lowest BCUT2D eigenvalue weighted by Gasteiger charge is -2.43. The average molecular weight is 529 g/mol. The van der Waals surface area contributed by atoms with Gasteiger partial charge in [-0.15, -0.1) is 0 Å². The fourth-order valence-corrected chi connectivity index (χ4v) is 5.09. The molecule has 3 amide bonds. The van der Waals surface area contributed by atoms with E-state index in [9.17, 15) is 14.7 Å². The number of hydrogen-bond donors (Lipinski definition) is 3. The number of halogens is 1. The molecule has 1 saturated heterocycles. The largest absolute Gasteiger partial charge is 0.359 e. The van der Waals surface area contributed by atoms with E-state index >= 15 is 0 Å². The van der Waals surface area contributed by atoms with Gasteiger partial charge in [-0.3, -0.25) is 9.69 Å². The lowest BCUT2D eigenvalue weighted by Crippen LogP contribution is -2.62. The van der Waals surface area contributed by atoms with Gasteiger partial charge in [0.25, 0.3) is 11.6 Å². The van der Waals surface area contributed by atoms with Crippen LogP contribution in [0.5, 0.6) is 0 Å². The molecule has 3 N–H and O–H groups in total. The third kappa shape index (κ3) is 4.99. The normalized spacial score (nSPS) is 20.9. The first-order valence-corrected chi connectivity index (χ1v) is 12.8. The second-order valence-corrected chi connectivity index (χ2v) is 10.2. The molecule has 8 heteroatoms. The van der Waals surface area contributed by atoms with E-state index in [1.54, 1.807) is 24.3 Å². The number of carbonyl (C=O) groups excluding carboxylic acids is 2. The molecule has 2 aromatic carbocycles. The van der Waals surface area contributed by atoms with E-state index < -0.39 is 17.7 Å². The van der Waals surface area contributed by atoms with E-state index in [-0.39, 0.29) is 0 Å². The zero-order chi connectivity index (χ0) is 24.3. The first-order chi connectivity index (χ1) is 16.3. The number of urea groups is 1. The van der Waals surface area contributed by atoms with Crippen molar-refractivity contribution in [3.63, 3.8) is 0 Å². The van der Waals surface area contributed by atoms with E-state index in [0.717, 1.165) is 42.1 Å². The molecule has 0 bridgehead atoms. The van der Waals surface area contributed by atoms with Crippen molar-refractivity contribution in [2.75, 3.05) is 36.4 Å². The monoisotopic (exact) mass is 528 g/mol. The molecule has 0 unspecified atom stereocenters. The highest BCUT2D eigenvalue weighted by Gasteiger charge is 2.52. The van der Waals surface area contributed by atoms with Gasteiger partial charge in [0.2, 0.25) is 0 Å². The van der Waals surface area contributed by atoms with Crippen LogP contribution >= 0.6 is 15.9 Å². The maximum atomic E-state index is 13.6. The van der Waals surface area contributed by atoms with Crippen molar-refractivity contribution in [3.8, 4) is 0 Å². The van der Waals surface area contributed by atoms with Gasteiger partial charge in [0.15, 0.2) is 0 Å². The Bertz CT molecular complexity index is 1070. The number of hydrogen-bond acceptors (Lipinski definition) is 4. The smallest absolute Gasteiger partial charge is 0.329 e. The highest BCUT2D eigenvalue weighted by atomic mass is 79.9. The molecule has 1 atom stereocenters. The maximum absolute atomic E-state index is 13.6. The summed E-state index contributed by atoms with van der Waals surface area (Å²) in [7, 11) is 0. The predicted octanol–water partition coefficient (Wildman–Crippen LogP) is 4.65. The van der Waals surface area contributed by atoms with Crippen LogP contribution in [0.4, 0.5) is 16.2 Å². The fraction of sp³-hybridized carbons (Fsp3) is 0.462. The summed E-state index contributed by atoms with van der Waals surface area (Å²) >= 11 is 3.44. The third-order valence-corrected chi connectivity index (χ3v) is 7.32. The topological polar surface area (TPSA) is 84.9 Å². The van der Waals surface area contributed by atoms with Crippen LogP contribution in [0.2, 0.25) is 0 Å². The lowest BCUT2D eigenvalue weighted by atomic mass is 9.94. The number of rotatable bonds is 6. The minimum atomic E-state index is -2.19. The van der Waals surface area contributed by atoms with Gasteiger partial charge in [-0.1, -0.05) is 34.8 Å². The number of nitrogens with zero attached hydrogens (tertiary/aromatic N) is 2. The number of fused-ring (bicyclic) bond motifs is 1. The van der Waals surface area contributed by atoms with Crippen molar-refractivity contribution >= 4 is 39.2 Å². The molecule has 2 heterocycles. The Kier molecular flexibility index (Phi) is 7.60. The van der Waals surface area contributed by atoms with Gasteiger partial charge < -0.3 is 20.6 Å². The van der Waals surface area contributed by atoms with Crippen LogP contribution < -0.4 is 15.5 Å². The van der Waals surface area contributed by atoms with Gasteiger partial charge in [-0.25, -0.2) is 4.79 Å². The molecule has 4 rings (SSSR count). The molecule has 0 aliphatic carbocycles. The zero-order valence-electron chi connectivity index (χ0n) is 19.9. The molecular weight excluding hydrogens is 496 g/mol. The van der Waals surface area contributed by atoms with Crippen LogP contribution in [-0.2, 0) is 10.5 Å². The Morgan fingerprint density at radius 3 is 2.53 bits per heavy atom. The number of carbonyl (C=O) groups is 2. The molecular formula is C26H33BrN4O3. The molecule has 0 saturated carbocycles. The van der Waals surface area contributed by atoms with E-state index in [1.807, 2.05) is 26.0 Å². The van der Waals surface area contributed by atoms with E-state index in [0.29, 0.717) is 28.0 Å². The van der Waals surface area contributed by atoms with Gasteiger partial charge in [0.1, 0.15) is 0 Å². The van der Waals surface area contributed by atoms with Crippen LogP contribution in [0.1, 0.15) is 48.8 Å². The van der Waals surface area contributed by atoms with Crippen molar-refractivity contribution in [2.24, 2.45) is 0 Å². The van der Waals surface area contributed by atoms with Gasteiger partial charge in [0.05, 0.1) is 5.69 Å². The molecule has 1 fully saturated rings. The second-order valence-electron chi connectivity index (χ2n) is 9.26. The van der Waals surface area contributed by atoms with Gasteiger partial charge in [-0.2, -0.15) is 0 Å². The SMILES string of the molecule is Cc1ccc(N2C(=O)Nc3ccc(Br)cc3[C@]2(O)C(=O)NCCCN2CCCCCC2)cc1C. The Morgan fingerprint density at radius 2 is 1.82 bits per heavy atom. The van der Waals surface area contributed by atoms with Gasteiger partial charge in [0, 0.05) is 22.3 Å². The first kappa shape index (κ1) is 24.7. The molecule has 0 aromatic heterocycles. The second kappa shape index (κ2) is 10.5. The number of likely N-dealkylation sites (tertiary alicyclic amines) is 1. The number of aliphatic hydroxyl groups is 1. The number of nitrogens with one attached hydrogen (secondary N) is 2. The molecule has 0 spiro atoms. The molecule has 2 aliphatic rings. The summed E-state index contributed by atoms with van der Waals surface area (Å²) in [6.07, 6.45) is 5.79. The summed E-state index contributed by atoms with van der Waals surface area (Å²) in [5.74, 6) is -0.615. The Hall–Kier alpha value is -2.42. The van der Waals surface area contributed by atoms with E-state index in [4.69, 9.17) is 0 Å². The minimum absolute atomic E-state index is 0.324. The molecule has 7 nitrogen and oxygen atoms in total. The molecule has 0 radical (unpaired) electrons. The number of benzene rings is 2. The van der Waals surface area contributed by atoms with E-state index in [2.05, 4.69) is 31.5 Å². The first-order valence-electron chi connectivity index (χ1n) is 12.0. The lowest BCUT2D eigenvalue weighted by molar-refractivity contribution is -0.140. The fourth-order valence-electron chi connectivity index (χ4n) is 4.73. The van der Waals surface area contributed by atoms with Crippen LogP contribution in [0.15, 0.2) is 40.9 Å². The molecule has 182 valence electrons. The van der Waals surface area contributed by atoms with Crippen LogP contribution in [-0.4, -0.2) is 48.1 Å². The summed E-state index contributed by atoms with van der Waals surface area (Å²) in [6, 6.07) is 10.0. The highest BCUT2D eigenvalue weighted by molar-refractivity contribution is 9.10. The molecule has 2 aromatic rings. The van der Waals surface area contributed by atoms with E-state index in [1.165, 1.54) is 25.7 Å². The number of anilines is 2. The minimum Gasteiger partial charge on any atom is -0.359 e. The van der Waals surface area contributed by atoms with Crippen LogP contribution in [0.25, 0.3) is 0 Å². The Labute approximate surface area is 209 Å². The predicted molar refractivity (Wildman–Crippen MR) is 138 cm³/mol. The van der Waals surface area contributed by atoms with Crippen LogP contribution in [0, 0.1) is 13.8 Å². The number of amides is 3. The van der Waals surface area contributed by atoms with Gasteiger partial charge in [-0.05, 0) is 94.2 Å². The van der Waals surface area contributed by atoms with Crippen LogP contribution in [0.3, 0.4) is 0 Å². The average Bonchev–Trinajstić information content (AvgIpc) is 3.08. The Morgan fingerprint density at radius 1 is 1.09 bits per heavy atom. The molecule has 2 aliphatic heterocycles. The van der Waals surface area contributed by atoms with Crippen molar-refractivity contribution < 1.29 is 14.7 Å². The highest BCUT2D eigenvalue weighted by Crippen LogP contribution is 2.41. The Balaban J connectivity index is 1.59. The van der Waals surface area contributed by atoms with Crippen molar-refractivity contribution in [2.45, 2.75) is 51.7 Å². The summed E-state index contributed by atoms with van der Waals surface area (Å²) in [4.78, 5) is 30.3. The zero-order valence-corrected chi connectivity index (χ0v) is 21.5. The van der Waals surface area contributed by atoms with Crippen molar-refractivity contribution in [1.82, 2.24) is 10.2 Å². The number of aryl methyl sites for hydroxylation is 2. The summed E-state index contributed by atoms with van der Waals surface area (Å²) in [5.41, 5.74) is 1.02. The third-order valence-electron chi connectivity index (χ3n) is 6.83. The van der Waals surface area contributed by atoms with Crippen molar-refractivity contribution in [1.29, 1.82) is 0 Å². The summed E-state index contributed by atoms with van der Waals surface area (Å²) in [5, 5.41) is 17.7. The summed E-state index contributed by atoms with van der Waals surface area (Å²) < 4.78 is 0.704. The van der Waals surface area contributed by atoms with Gasteiger partial charge >= 0.3 is 6.03 Å². The molecule has 34 heavy (non-hydrogen) atoms. The summed E-state index contributed by atoms with van der Waals surface area (Å²) in [6.45, 7) is 7.43.